The van der Waals surface area contributed by atoms with E-state index in [1.54, 1.807) is 13.8 Å². The van der Waals surface area contributed by atoms with Crippen molar-refractivity contribution in [3.8, 4) is 0 Å². The third-order valence-electron chi connectivity index (χ3n) is 1.43. The lowest BCUT2D eigenvalue weighted by Gasteiger charge is -2.06. The number of carbonyl (C=O) groups is 2. The third kappa shape index (κ3) is 6.40. The second kappa shape index (κ2) is 6.71. The van der Waals surface area contributed by atoms with Crippen molar-refractivity contribution in [3.05, 3.63) is 0 Å². The molecule has 0 spiro atoms. The molecule has 0 saturated carbocycles. The minimum absolute atomic E-state index is 0.0202. The topological polar surface area (TPSA) is 58.2 Å². The van der Waals surface area contributed by atoms with E-state index in [0.29, 0.717) is 19.5 Å². The Balaban J connectivity index is 3.36. The maximum Gasteiger partial charge on any atom is 0.237 e. The van der Waals surface area contributed by atoms with Crippen molar-refractivity contribution < 1.29 is 9.59 Å². The summed E-state index contributed by atoms with van der Waals surface area (Å²) in [6, 6.07) is 0. The zero-order valence-electron chi connectivity index (χ0n) is 7.89. The summed E-state index contributed by atoms with van der Waals surface area (Å²) >= 11 is 5.50. The van der Waals surface area contributed by atoms with Gasteiger partial charge in [-0.15, -0.1) is 11.6 Å². The van der Waals surface area contributed by atoms with E-state index in [0.717, 1.165) is 0 Å². The van der Waals surface area contributed by atoms with Crippen LogP contribution in [0.15, 0.2) is 0 Å². The predicted octanol–water partition coefficient (Wildman–Crippen LogP) is 0.256. The van der Waals surface area contributed by atoms with E-state index in [4.69, 9.17) is 11.6 Å². The minimum Gasteiger partial charge on any atom is -0.354 e. The Morgan fingerprint density at radius 1 is 1.31 bits per heavy atom. The lowest BCUT2D eigenvalue weighted by Crippen LogP contribution is -2.37. The van der Waals surface area contributed by atoms with Crippen molar-refractivity contribution in [1.29, 1.82) is 0 Å². The molecule has 0 saturated heterocycles. The Hall–Kier alpha value is -0.770. The normalized spacial score (nSPS) is 11.9. The van der Waals surface area contributed by atoms with Crippen LogP contribution in [0.3, 0.4) is 0 Å². The standard InChI is InChI=1S/C8H15ClN2O2/c1-3-7(12)10-4-5-11-8(13)6(2)9/h6H,3-5H2,1-2H3,(H,10,12)(H,11,13). The number of amides is 2. The summed E-state index contributed by atoms with van der Waals surface area (Å²) in [4.78, 5) is 21.6. The van der Waals surface area contributed by atoms with Crippen molar-refractivity contribution in [2.45, 2.75) is 25.6 Å². The molecule has 4 nitrogen and oxygen atoms in total. The molecule has 0 aromatic heterocycles. The van der Waals surface area contributed by atoms with Crippen LogP contribution in [-0.2, 0) is 9.59 Å². The Bertz CT molecular complexity index is 183. The highest BCUT2D eigenvalue weighted by atomic mass is 35.5. The molecule has 0 heterocycles. The quantitative estimate of drug-likeness (QED) is 0.501. The number of hydrogen-bond donors (Lipinski definition) is 2. The van der Waals surface area contributed by atoms with Gasteiger partial charge in [0, 0.05) is 19.5 Å². The first-order valence-electron chi connectivity index (χ1n) is 4.26. The van der Waals surface area contributed by atoms with Crippen molar-refractivity contribution in [2.75, 3.05) is 13.1 Å². The summed E-state index contributed by atoms with van der Waals surface area (Å²) in [5, 5.41) is 4.68. The van der Waals surface area contributed by atoms with Crippen LogP contribution in [0.5, 0.6) is 0 Å². The highest BCUT2D eigenvalue weighted by Gasteiger charge is 2.06. The van der Waals surface area contributed by atoms with Gasteiger partial charge in [-0.2, -0.15) is 0 Å². The lowest BCUT2D eigenvalue weighted by atomic mass is 10.4. The van der Waals surface area contributed by atoms with Crippen molar-refractivity contribution in [3.63, 3.8) is 0 Å². The first-order chi connectivity index (χ1) is 6.07. The second-order valence-electron chi connectivity index (χ2n) is 2.61. The molecule has 0 bridgehead atoms. The van der Waals surface area contributed by atoms with Crippen molar-refractivity contribution in [2.24, 2.45) is 0 Å². The second-order valence-corrected chi connectivity index (χ2v) is 3.27. The van der Waals surface area contributed by atoms with Gasteiger partial charge < -0.3 is 10.6 Å². The molecule has 0 aliphatic carbocycles. The number of alkyl halides is 1. The van der Waals surface area contributed by atoms with Gasteiger partial charge in [0.1, 0.15) is 5.38 Å². The van der Waals surface area contributed by atoms with Gasteiger partial charge in [0.2, 0.25) is 11.8 Å². The molecule has 2 N–H and O–H groups in total. The van der Waals surface area contributed by atoms with Crippen LogP contribution in [0.4, 0.5) is 0 Å². The highest BCUT2D eigenvalue weighted by molar-refractivity contribution is 6.30. The van der Waals surface area contributed by atoms with Gasteiger partial charge in [-0.1, -0.05) is 6.92 Å². The molecule has 76 valence electrons. The van der Waals surface area contributed by atoms with E-state index >= 15 is 0 Å². The zero-order chi connectivity index (χ0) is 10.3. The SMILES string of the molecule is CCC(=O)NCCNC(=O)C(C)Cl. The third-order valence-corrected chi connectivity index (χ3v) is 1.63. The van der Waals surface area contributed by atoms with E-state index in [-0.39, 0.29) is 11.8 Å². The van der Waals surface area contributed by atoms with Crippen LogP contribution in [0, 0.1) is 0 Å². The average Bonchev–Trinajstić information content (AvgIpc) is 2.11. The summed E-state index contributed by atoms with van der Waals surface area (Å²) < 4.78 is 0. The van der Waals surface area contributed by atoms with Crippen LogP contribution < -0.4 is 10.6 Å². The molecule has 0 aliphatic rings. The molecule has 1 atom stereocenters. The average molecular weight is 207 g/mol. The van der Waals surface area contributed by atoms with Gasteiger partial charge in [0.15, 0.2) is 0 Å². The first kappa shape index (κ1) is 12.2. The maximum absolute atomic E-state index is 10.9. The van der Waals surface area contributed by atoms with Crippen molar-refractivity contribution >= 4 is 23.4 Å². The van der Waals surface area contributed by atoms with Crippen LogP contribution in [0.25, 0.3) is 0 Å². The lowest BCUT2D eigenvalue weighted by molar-refractivity contribution is -0.122. The van der Waals surface area contributed by atoms with E-state index in [9.17, 15) is 9.59 Å². The van der Waals surface area contributed by atoms with Crippen LogP contribution in [0.1, 0.15) is 20.3 Å². The van der Waals surface area contributed by atoms with Gasteiger partial charge in [-0.05, 0) is 6.92 Å². The van der Waals surface area contributed by atoms with Gasteiger partial charge in [-0.3, -0.25) is 9.59 Å². The molecule has 0 aromatic rings. The number of hydrogen-bond acceptors (Lipinski definition) is 2. The molecule has 13 heavy (non-hydrogen) atoms. The summed E-state index contributed by atoms with van der Waals surface area (Å²) in [6.07, 6.45) is 0.458. The molecule has 0 rings (SSSR count). The molecular weight excluding hydrogens is 192 g/mol. The predicted molar refractivity (Wildman–Crippen MR) is 51.6 cm³/mol. The van der Waals surface area contributed by atoms with Crippen LogP contribution in [0.2, 0.25) is 0 Å². The summed E-state index contributed by atoms with van der Waals surface area (Å²) in [6.45, 7) is 4.24. The molecule has 0 radical (unpaired) electrons. The monoisotopic (exact) mass is 206 g/mol. The highest BCUT2D eigenvalue weighted by Crippen LogP contribution is 1.90. The number of halogens is 1. The molecular formula is C8H15ClN2O2. The zero-order valence-corrected chi connectivity index (χ0v) is 8.65. The molecule has 0 aliphatic heterocycles. The number of rotatable bonds is 5. The fraction of sp³-hybridized carbons (Fsp3) is 0.750. The Kier molecular flexibility index (Phi) is 6.32. The molecule has 2 amide bonds. The fourth-order valence-corrected chi connectivity index (χ4v) is 0.730. The van der Waals surface area contributed by atoms with Crippen LogP contribution in [-0.4, -0.2) is 30.3 Å². The van der Waals surface area contributed by atoms with Gasteiger partial charge >= 0.3 is 0 Å². The largest absolute Gasteiger partial charge is 0.354 e. The molecule has 0 aromatic carbocycles. The molecule has 5 heteroatoms. The summed E-state index contributed by atoms with van der Waals surface area (Å²) in [5.41, 5.74) is 0. The minimum atomic E-state index is -0.526. The smallest absolute Gasteiger partial charge is 0.237 e. The van der Waals surface area contributed by atoms with E-state index in [1.165, 1.54) is 0 Å². The van der Waals surface area contributed by atoms with Gasteiger partial charge in [0.05, 0.1) is 0 Å². The Labute approximate surface area is 83.0 Å². The first-order valence-corrected chi connectivity index (χ1v) is 4.70. The van der Waals surface area contributed by atoms with Gasteiger partial charge in [-0.25, -0.2) is 0 Å². The van der Waals surface area contributed by atoms with E-state index in [1.807, 2.05) is 0 Å². The molecule has 1 unspecified atom stereocenters. The van der Waals surface area contributed by atoms with Crippen molar-refractivity contribution in [1.82, 2.24) is 10.6 Å². The van der Waals surface area contributed by atoms with Crippen LogP contribution >= 0.6 is 11.6 Å². The Morgan fingerprint density at radius 2 is 1.85 bits per heavy atom. The number of nitrogens with one attached hydrogen (secondary N) is 2. The summed E-state index contributed by atoms with van der Waals surface area (Å²) in [5.74, 6) is -0.236. The molecule has 0 fully saturated rings. The fourth-order valence-electron chi connectivity index (χ4n) is 0.653. The van der Waals surface area contributed by atoms with E-state index in [2.05, 4.69) is 10.6 Å². The van der Waals surface area contributed by atoms with E-state index < -0.39 is 5.38 Å². The summed E-state index contributed by atoms with van der Waals surface area (Å²) in [7, 11) is 0. The number of carbonyl (C=O) groups excluding carboxylic acids is 2. The maximum atomic E-state index is 10.9. The van der Waals surface area contributed by atoms with Gasteiger partial charge in [0.25, 0.3) is 0 Å². The Morgan fingerprint density at radius 3 is 2.31 bits per heavy atom.